The molecule has 0 aromatic heterocycles. The quantitative estimate of drug-likeness (QED) is 0.480. The first-order valence-corrected chi connectivity index (χ1v) is 4.13. The first-order chi connectivity index (χ1) is 5.25. The van der Waals surface area contributed by atoms with Crippen molar-refractivity contribution < 1.29 is 4.74 Å². The van der Waals surface area contributed by atoms with Crippen molar-refractivity contribution in [2.45, 2.75) is 25.8 Å². The van der Waals surface area contributed by atoms with Crippen LogP contribution in [0.15, 0.2) is 0 Å². The Bertz CT molecular complexity index is 141. The molecule has 11 heavy (non-hydrogen) atoms. The van der Waals surface area contributed by atoms with Crippen molar-refractivity contribution in [2.24, 2.45) is 0 Å². The third-order valence-corrected chi connectivity index (χ3v) is 2.21. The largest absolute Gasteiger partial charge is 0.379 e. The van der Waals surface area contributed by atoms with Gasteiger partial charge in [-0.15, -0.1) is 0 Å². The lowest BCUT2D eigenvalue weighted by molar-refractivity contribution is 0.178. The maximum Gasteiger partial charge on any atom is 0.0955 e. The summed E-state index contributed by atoms with van der Waals surface area (Å²) in [4.78, 5) is 2.02. The molecule has 0 aliphatic carbocycles. The SMILES string of the molecule is CCC(=N)N(C)C1CCOC1. The fourth-order valence-corrected chi connectivity index (χ4v) is 1.30. The molecule has 1 unspecified atom stereocenters. The van der Waals surface area contributed by atoms with Gasteiger partial charge in [0.25, 0.3) is 0 Å². The van der Waals surface area contributed by atoms with Crippen LogP contribution in [0.2, 0.25) is 0 Å². The lowest BCUT2D eigenvalue weighted by Gasteiger charge is -2.24. The Kier molecular flexibility index (Phi) is 2.88. The van der Waals surface area contributed by atoms with E-state index in [4.69, 9.17) is 10.1 Å². The van der Waals surface area contributed by atoms with E-state index < -0.39 is 0 Å². The van der Waals surface area contributed by atoms with E-state index in [0.29, 0.717) is 11.9 Å². The molecule has 0 bridgehead atoms. The van der Waals surface area contributed by atoms with E-state index in [1.54, 1.807) is 0 Å². The highest BCUT2D eigenvalue weighted by Crippen LogP contribution is 2.11. The molecular formula is C8H16N2O. The smallest absolute Gasteiger partial charge is 0.0955 e. The number of rotatable bonds is 2. The molecule has 3 heteroatoms. The van der Waals surface area contributed by atoms with Crippen LogP contribution >= 0.6 is 0 Å². The predicted octanol–water partition coefficient (Wildman–Crippen LogP) is 1.09. The summed E-state index contributed by atoms with van der Waals surface area (Å²) in [6, 6.07) is 0.447. The lowest BCUT2D eigenvalue weighted by Crippen LogP contribution is -2.36. The van der Waals surface area contributed by atoms with Crippen LogP contribution in [0.25, 0.3) is 0 Å². The average molecular weight is 156 g/mol. The molecule has 1 saturated heterocycles. The maximum atomic E-state index is 7.58. The highest BCUT2D eigenvalue weighted by molar-refractivity contribution is 5.78. The van der Waals surface area contributed by atoms with Gasteiger partial charge in [-0.2, -0.15) is 0 Å². The Morgan fingerprint density at radius 3 is 2.91 bits per heavy atom. The maximum absolute atomic E-state index is 7.58. The zero-order valence-corrected chi connectivity index (χ0v) is 7.26. The number of hydrogen-bond acceptors (Lipinski definition) is 2. The minimum atomic E-state index is 0.447. The highest BCUT2D eigenvalue weighted by atomic mass is 16.5. The van der Waals surface area contributed by atoms with Crippen LogP contribution in [0.4, 0.5) is 0 Å². The van der Waals surface area contributed by atoms with Gasteiger partial charge in [0.05, 0.1) is 18.5 Å². The van der Waals surface area contributed by atoms with Crippen molar-refractivity contribution in [1.29, 1.82) is 5.41 Å². The number of hydrogen-bond donors (Lipinski definition) is 1. The number of amidine groups is 1. The van der Waals surface area contributed by atoms with Crippen molar-refractivity contribution in [2.75, 3.05) is 20.3 Å². The van der Waals surface area contributed by atoms with Crippen LogP contribution in [0.5, 0.6) is 0 Å². The summed E-state index contributed by atoms with van der Waals surface area (Å²) in [6.07, 6.45) is 1.88. The van der Waals surface area contributed by atoms with Gasteiger partial charge in [0.1, 0.15) is 0 Å². The molecule has 0 aromatic carbocycles. The van der Waals surface area contributed by atoms with E-state index in [-0.39, 0.29) is 0 Å². The summed E-state index contributed by atoms with van der Waals surface area (Å²) in [5.41, 5.74) is 0. The monoisotopic (exact) mass is 156 g/mol. The fourth-order valence-electron chi connectivity index (χ4n) is 1.30. The van der Waals surface area contributed by atoms with Crippen LogP contribution in [-0.2, 0) is 4.74 Å². The first kappa shape index (κ1) is 8.53. The van der Waals surface area contributed by atoms with Crippen molar-refractivity contribution in [3.63, 3.8) is 0 Å². The Balaban J connectivity index is 2.39. The Labute approximate surface area is 67.8 Å². The minimum absolute atomic E-state index is 0.447. The normalized spacial score (nSPS) is 23.6. The zero-order chi connectivity index (χ0) is 8.27. The number of ether oxygens (including phenoxy) is 1. The molecule has 1 N–H and O–H groups in total. The lowest BCUT2D eigenvalue weighted by atomic mass is 10.2. The second-order valence-electron chi connectivity index (χ2n) is 2.93. The van der Waals surface area contributed by atoms with Gasteiger partial charge in [-0.05, 0) is 6.42 Å². The van der Waals surface area contributed by atoms with Gasteiger partial charge in [-0.25, -0.2) is 0 Å². The van der Waals surface area contributed by atoms with Gasteiger partial charge in [0, 0.05) is 20.1 Å². The second kappa shape index (κ2) is 3.72. The summed E-state index contributed by atoms with van der Waals surface area (Å²) in [5.74, 6) is 0.709. The van der Waals surface area contributed by atoms with Crippen LogP contribution in [-0.4, -0.2) is 37.0 Å². The Morgan fingerprint density at radius 2 is 2.45 bits per heavy atom. The predicted molar refractivity (Wildman–Crippen MR) is 45.0 cm³/mol. The van der Waals surface area contributed by atoms with Gasteiger partial charge in [0.2, 0.25) is 0 Å². The minimum Gasteiger partial charge on any atom is -0.379 e. The highest BCUT2D eigenvalue weighted by Gasteiger charge is 2.20. The number of nitrogens with one attached hydrogen (secondary N) is 1. The van der Waals surface area contributed by atoms with E-state index in [0.717, 1.165) is 26.1 Å². The molecule has 1 aliphatic rings. The third kappa shape index (κ3) is 1.93. The van der Waals surface area contributed by atoms with Crippen molar-refractivity contribution in [3.8, 4) is 0 Å². The molecule has 0 spiro atoms. The molecule has 64 valence electrons. The topological polar surface area (TPSA) is 36.3 Å². The van der Waals surface area contributed by atoms with E-state index in [2.05, 4.69) is 0 Å². The Hall–Kier alpha value is -0.570. The molecule has 3 nitrogen and oxygen atoms in total. The summed E-state index contributed by atoms with van der Waals surface area (Å²) in [7, 11) is 1.98. The molecule has 0 amide bonds. The summed E-state index contributed by atoms with van der Waals surface area (Å²) < 4.78 is 5.23. The van der Waals surface area contributed by atoms with Crippen molar-refractivity contribution >= 4 is 5.84 Å². The number of likely N-dealkylation sites (N-methyl/N-ethyl adjacent to an activating group) is 1. The summed E-state index contributed by atoms with van der Waals surface area (Å²) in [5, 5.41) is 7.58. The summed E-state index contributed by atoms with van der Waals surface area (Å²) >= 11 is 0. The molecular weight excluding hydrogens is 140 g/mol. The molecule has 0 saturated carbocycles. The molecule has 0 radical (unpaired) electrons. The van der Waals surface area contributed by atoms with Crippen LogP contribution in [0.1, 0.15) is 19.8 Å². The molecule has 1 rings (SSSR count). The third-order valence-electron chi connectivity index (χ3n) is 2.21. The van der Waals surface area contributed by atoms with Gasteiger partial charge in [0.15, 0.2) is 0 Å². The molecule has 1 heterocycles. The molecule has 0 aromatic rings. The summed E-state index contributed by atoms with van der Waals surface area (Å²) in [6.45, 7) is 3.65. The molecule has 1 fully saturated rings. The standard InChI is InChI=1S/C8H16N2O/c1-3-8(9)10(2)7-4-5-11-6-7/h7,9H,3-6H2,1-2H3. The van der Waals surface area contributed by atoms with Crippen LogP contribution < -0.4 is 0 Å². The van der Waals surface area contributed by atoms with Crippen LogP contribution in [0.3, 0.4) is 0 Å². The van der Waals surface area contributed by atoms with Gasteiger partial charge >= 0.3 is 0 Å². The van der Waals surface area contributed by atoms with Gasteiger partial charge < -0.3 is 9.64 Å². The molecule has 1 atom stereocenters. The Morgan fingerprint density at radius 1 is 1.73 bits per heavy atom. The zero-order valence-electron chi connectivity index (χ0n) is 7.26. The van der Waals surface area contributed by atoms with Crippen molar-refractivity contribution in [1.82, 2.24) is 4.90 Å². The van der Waals surface area contributed by atoms with Crippen LogP contribution in [0, 0.1) is 5.41 Å². The average Bonchev–Trinajstić information content (AvgIpc) is 2.53. The van der Waals surface area contributed by atoms with Gasteiger partial charge in [-0.3, -0.25) is 5.41 Å². The number of nitrogens with zero attached hydrogens (tertiary/aromatic N) is 1. The van der Waals surface area contributed by atoms with E-state index >= 15 is 0 Å². The second-order valence-corrected chi connectivity index (χ2v) is 2.93. The van der Waals surface area contributed by atoms with Gasteiger partial charge in [-0.1, -0.05) is 6.92 Å². The van der Waals surface area contributed by atoms with Crippen molar-refractivity contribution in [3.05, 3.63) is 0 Å². The van der Waals surface area contributed by atoms with E-state index in [1.807, 2.05) is 18.9 Å². The van der Waals surface area contributed by atoms with E-state index in [1.165, 1.54) is 0 Å². The fraction of sp³-hybridized carbons (Fsp3) is 0.875. The van der Waals surface area contributed by atoms with E-state index in [9.17, 15) is 0 Å². The first-order valence-electron chi connectivity index (χ1n) is 4.13. The molecule has 1 aliphatic heterocycles.